The van der Waals surface area contributed by atoms with E-state index in [1.54, 1.807) is 13.8 Å². The number of nitriles is 1. The minimum atomic E-state index is -2.58. The van der Waals surface area contributed by atoms with Gasteiger partial charge in [0, 0.05) is 6.61 Å². The molecule has 1 atom stereocenters. The summed E-state index contributed by atoms with van der Waals surface area (Å²) in [5, 5.41) is 8.88. The van der Waals surface area contributed by atoms with E-state index in [1.807, 2.05) is 6.07 Å². The number of rotatable bonds is 6. The largest absolute Gasteiger partial charge is 0.446 e. The molecular formula is C9H10F2N2O2S2. The highest BCUT2D eigenvalue weighted by Crippen LogP contribution is 2.36. The van der Waals surface area contributed by atoms with Crippen LogP contribution in [0.4, 0.5) is 8.78 Å². The van der Waals surface area contributed by atoms with Gasteiger partial charge >= 0.3 is 0 Å². The minimum Gasteiger partial charge on any atom is -0.446 e. The Morgan fingerprint density at radius 1 is 1.59 bits per heavy atom. The topological polar surface area (TPSA) is 55.1 Å². The van der Waals surface area contributed by atoms with Crippen LogP contribution < -0.4 is 4.74 Å². The Morgan fingerprint density at radius 2 is 2.29 bits per heavy atom. The van der Waals surface area contributed by atoms with E-state index in [0.717, 1.165) is 11.5 Å². The Hall–Kier alpha value is -0.910. The molecule has 0 aliphatic carbocycles. The zero-order valence-corrected chi connectivity index (χ0v) is 10.8. The highest BCUT2D eigenvalue weighted by molar-refractivity contribution is 8.01. The second-order valence-corrected chi connectivity index (χ2v) is 4.81. The molecule has 8 heteroatoms. The van der Waals surface area contributed by atoms with Crippen LogP contribution in [0.2, 0.25) is 0 Å². The van der Waals surface area contributed by atoms with Gasteiger partial charge in [-0.3, -0.25) is 0 Å². The summed E-state index contributed by atoms with van der Waals surface area (Å²) in [4.78, 5) is 0. The molecule has 0 fully saturated rings. The van der Waals surface area contributed by atoms with Crippen LogP contribution in [0.1, 0.15) is 19.4 Å². The van der Waals surface area contributed by atoms with Crippen LogP contribution in [0.5, 0.6) is 5.88 Å². The van der Waals surface area contributed by atoms with Gasteiger partial charge in [-0.1, -0.05) is 0 Å². The van der Waals surface area contributed by atoms with Crippen LogP contribution in [0, 0.1) is 11.3 Å². The van der Waals surface area contributed by atoms with Gasteiger partial charge in [0.15, 0.2) is 6.29 Å². The molecule has 1 aromatic heterocycles. The molecule has 0 radical (unpaired) electrons. The third-order valence-corrected chi connectivity index (χ3v) is 3.35. The minimum absolute atomic E-state index is 0.0341. The molecule has 0 aromatic carbocycles. The molecule has 4 nitrogen and oxygen atoms in total. The van der Waals surface area contributed by atoms with Gasteiger partial charge in [0.05, 0.1) is 0 Å². The smallest absolute Gasteiger partial charge is 0.289 e. The number of thioether (sulfide) groups is 1. The van der Waals surface area contributed by atoms with Crippen molar-refractivity contribution in [2.45, 2.75) is 30.1 Å². The Labute approximate surface area is 106 Å². The molecule has 0 N–H and O–H groups in total. The molecule has 0 aliphatic heterocycles. The maximum Gasteiger partial charge on any atom is 0.289 e. The predicted molar refractivity (Wildman–Crippen MR) is 60.4 cm³/mol. The van der Waals surface area contributed by atoms with Gasteiger partial charge < -0.3 is 9.47 Å². The number of halogens is 2. The average Bonchev–Trinajstić information content (AvgIpc) is 2.59. The van der Waals surface area contributed by atoms with Gasteiger partial charge in [0.2, 0.25) is 5.88 Å². The summed E-state index contributed by atoms with van der Waals surface area (Å²) in [5.41, 5.74) is 0.0341. The first-order valence-corrected chi connectivity index (χ1v) is 6.36. The van der Waals surface area contributed by atoms with Gasteiger partial charge in [-0.05, 0) is 37.1 Å². The van der Waals surface area contributed by atoms with Gasteiger partial charge in [-0.2, -0.15) is 18.4 Å². The normalized spacial score (nSPS) is 12.5. The summed E-state index contributed by atoms with van der Waals surface area (Å²) in [6.07, 6.45) is -0.571. The lowest BCUT2D eigenvalue weighted by molar-refractivity contribution is -0.0633. The molecule has 1 unspecified atom stereocenters. The molecule has 0 spiro atoms. The van der Waals surface area contributed by atoms with E-state index in [9.17, 15) is 8.78 Å². The zero-order chi connectivity index (χ0) is 12.8. The lowest BCUT2D eigenvalue weighted by Crippen LogP contribution is -2.16. The monoisotopic (exact) mass is 280 g/mol. The molecule has 0 bridgehead atoms. The number of hydrogen-bond acceptors (Lipinski definition) is 6. The highest BCUT2D eigenvalue weighted by atomic mass is 32.2. The quantitative estimate of drug-likeness (QED) is 0.592. The Morgan fingerprint density at radius 3 is 2.82 bits per heavy atom. The standard InChI is InChI=1S/C9H10F2N2O2S2/c1-3-14-5(2)15-7-6(4-12)8(17-13-7)16-9(10)11/h5,9H,3H2,1-2H3. The lowest BCUT2D eigenvalue weighted by atomic mass is 10.4. The fourth-order valence-corrected chi connectivity index (χ4v) is 2.46. The van der Waals surface area contributed by atoms with E-state index in [0.29, 0.717) is 18.4 Å². The van der Waals surface area contributed by atoms with Crippen molar-refractivity contribution in [2.75, 3.05) is 6.61 Å². The summed E-state index contributed by atoms with van der Waals surface area (Å²) in [7, 11) is 0. The predicted octanol–water partition coefficient (Wildman–Crippen LogP) is 3.09. The van der Waals surface area contributed by atoms with Crippen molar-refractivity contribution in [3.63, 3.8) is 0 Å². The molecule has 0 amide bonds. The van der Waals surface area contributed by atoms with Gasteiger partial charge in [0.25, 0.3) is 5.76 Å². The van der Waals surface area contributed by atoms with Crippen LogP contribution in [0.15, 0.2) is 4.21 Å². The summed E-state index contributed by atoms with van der Waals surface area (Å²) >= 11 is 1.11. The number of ether oxygens (including phenoxy) is 2. The van der Waals surface area contributed by atoms with E-state index in [4.69, 9.17) is 14.7 Å². The second kappa shape index (κ2) is 6.74. The number of nitrogens with zero attached hydrogens (tertiary/aromatic N) is 2. The molecule has 0 saturated carbocycles. The molecule has 1 heterocycles. The summed E-state index contributed by atoms with van der Waals surface area (Å²) in [6.45, 7) is 3.89. The first-order valence-electron chi connectivity index (χ1n) is 4.71. The fraction of sp³-hybridized carbons (Fsp3) is 0.556. The van der Waals surface area contributed by atoms with Crippen LogP contribution in [-0.2, 0) is 4.74 Å². The van der Waals surface area contributed by atoms with Crippen LogP contribution in [0.3, 0.4) is 0 Å². The van der Waals surface area contributed by atoms with Crippen molar-refractivity contribution in [3.8, 4) is 11.9 Å². The van der Waals surface area contributed by atoms with Gasteiger partial charge in [0.1, 0.15) is 15.8 Å². The molecule has 1 aromatic rings. The van der Waals surface area contributed by atoms with Crippen molar-refractivity contribution in [2.24, 2.45) is 0 Å². The molecule has 0 saturated heterocycles. The third kappa shape index (κ3) is 4.11. The van der Waals surface area contributed by atoms with Crippen molar-refractivity contribution in [3.05, 3.63) is 5.56 Å². The first-order chi connectivity index (χ1) is 8.08. The molecule has 0 aliphatic rings. The zero-order valence-electron chi connectivity index (χ0n) is 9.15. The number of hydrogen-bond donors (Lipinski definition) is 0. The molecular weight excluding hydrogens is 270 g/mol. The van der Waals surface area contributed by atoms with Crippen LogP contribution >= 0.6 is 23.3 Å². The van der Waals surface area contributed by atoms with Crippen molar-refractivity contribution < 1.29 is 18.3 Å². The summed E-state index contributed by atoms with van der Waals surface area (Å²) < 4.78 is 38.7. The van der Waals surface area contributed by atoms with Gasteiger partial charge in [-0.15, -0.1) is 0 Å². The van der Waals surface area contributed by atoms with Gasteiger partial charge in [-0.25, -0.2) is 0 Å². The van der Waals surface area contributed by atoms with E-state index in [2.05, 4.69) is 4.37 Å². The molecule has 94 valence electrons. The van der Waals surface area contributed by atoms with Crippen LogP contribution in [0.25, 0.3) is 0 Å². The Bertz CT molecular complexity index is 406. The van der Waals surface area contributed by atoms with Crippen LogP contribution in [-0.4, -0.2) is 23.0 Å². The average molecular weight is 280 g/mol. The summed E-state index contributed by atoms with van der Waals surface area (Å²) in [6, 6.07) is 1.81. The number of aromatic nitrogens is 1. The van der Waals surface area contributed by atoms with Crippen molar-refractivity contribution in [1.29, 1.82) is 5.26 Å². The summed E-state index contributed by atoms with van der Waals surface area (Å²) in [5.74, 6) is -2.54. The Kier molecular flexibility index (Phi) is 5.61. The molecule has 17 heavy (non-hydrogen) atoms. The van der Waals surface area contributed by atoms with E-state index < -0.39 is 12.0 Å². The lowest BCUT2D eigenvalue weighted by Gasteiger charge is -2.11. The van der Waals surface area contributed by atoms with E-state index >= 15 is 0 Å². The van der Waals surface area contributed by atoms with E-state index in [-0.39, 0.29) is 15.7 Å². The van der Waals surface area contributed by atoms with Crippen molar-refractivity contribution in [1.82, 2.24) is 4.37 Å². The Balaban J connectivity index is 2.80. The van der Waals surface area contributed by atoms with Crippen molar-refractivity contribution >= 4 is 23.3 Å². The maximum absolute atomic E-state index is 12.2. The third-order valence-electron chi connectivity index (χ3n) is 1.62. The SMILES string of the molecule is CCOC(C)Oc1nsc(SC(F)F)c1C#N. The first kappa shape index (κ1) is 14.2. The highest BCUT2D eigenvalue weighted by Gasteiger charge is 2.20. The number of alkyl halides is 2. The van der Waals surface area contributed by atoms with E-state index in [1.165, 1.54) is 0 Å². The fourth-order valence-electron chi connectivity index (χ4n) is 1.02. The maximum atomic E-state index is 12.2. The molecule has 1 rings (SSSR count). The second-order valence-electron chi connectivity index (χ2n) is 2.78.